The molecule has 2 aliphatic heterocycles. The van der Waals surface area contributed by atoms with Gasteiger partial charge in [0.25, 0.3) is 0 Å². The fourth-order valence-corrected chi connectivity index (χ4v) is 4.52. The Labute approximate surface area is 198 Å². The van der Waals surface area contributed by atoms with E-state index in [1.54, 1.807) is 0 Å². The van der Waals surface area contributed by atoms with E-state index in [-0.39, 0.29) is 11.9 Å². The van der Waals surface area contributed by atoms with Crippen molar-refractivity contribution in [3.8, 4) is 0 Å². The summed E-state index contributed by atoms with van der Waals surface area (Å²) in [5, 5.41) is 3.13. The van der Waals surface area contributed by atoms with Gasteiger partial charge in [-0.25, -0.2) is 0 Å². The highest BCUT2D eigenvalue weighted by Gasteiger charge is 2.31. The Morgan fingerprint density at radius 1 is 1.12 bits per heavy atom. The molecule has 4 rings (SSSR count). The number of aryl methyl sites for hydroxylation is 1. The van der Waals surface area contributed by atoms with Crippen LogP contribution in [0.2, 0.25) is 0 Å². The molecule has 184 valence electrons. The topological polar surface area (TPSA) is 64.6 Å². The molecule has 0 spiro atoms. The van der Waals surface area contributed by atoms with Crippen LogP contribution in [0.5, 0.6) is 0 Å². The molecule has 1 atom stereocenters. The third-order valence-corrected chi connectivity index (χ3v) is 6.49. The van der Waals surface area contributed by atoms with E-state index in [1.807, 2.05) is 24.1 Å². The van der Waals surface area contributed by atoms with Crippen molar-refractivity contribution in [2.24, 2.45) is 0 Å². The molecule has 4 heterocycles. The Hall–Kier alpha value is -2.88. The molecular weight excluding hydrogens is 445 g/mol. The molecule has 2 saturated heterocycles. The van der Waals surface area contributed by atoms with Crippen molar-refractivity contribution in [3.63, 3.8) is 0 Å². The van der Waals surface area contributed by atoms with Crippen LogP contribution in [0.4, 0.5) is 24.5 Å². The molecule has 0 saturated carbocycles. The van der Waals surface area contributed by atoms with Gasteiger partial charge in [-0.3, -0.25) is 19.7 Å². The number of amides is 1. The number of nitrogens with zero attached hydrogens (tertiary/aromatic N) is 5. The number of halogens is 3. The van der Waals surface area contributed by atoms with E-state index in [0.29, 0.717) is 31.7 Å². The molecule has 1 amide bonds. The summed E-state index contributed by atoms with van der Waals surface area (Å²) in [6, 6.07) is 5.09. The smallest absolute Gasteiger partial charge is 0.379 e. The van der Waals surface area contributed by atoms with E-state index in [1.165, 1.54) is 6.20 Å². The van der Waals surface area contributed by atoms with Crippen LogP contribution < -0.4 is 10.2 Å². The van der Waals surface area contributed by atoms with Gasteiger partial charge in [0.05, 0.1) is 23.1 Å². The highest BCUT2D eigenvalue weighted by Crippen LogP contribution is 2.30. The molecule has 2 aromatic heterocycles. The van der Waals surface area contributed by atoms with Gasteiger partial charge in [0, 0.05) is 76.4 Å². The number of hydrogen-bond donors (Lipinski definition) is 1. The summed E-state index contributed by atoms with van der Waals surface area (Å²) in [6.45, 7) is 7.46. The quantitative estimate of drug-likeness (QED) is 0.690. The zero-order valence-corrected chi connectivity index (χ0v) is 19.4. The van der Waals surface area contributed by atoms with Gasteiger partial charge in [-0.2, -0.15) is 13.2 Å². The van der Waals surface area contributed by atoms with Gasteiger partial charge in [-0.05, 0) is 38.0 Å². The Kier molecular flexibility index (Phi) is 7.55. The predicted molar refractivity (Wildman–Crippen MR) is 125 cm³/mol. The highest BCUT2D eigenvalue weighted by atomic mass is 19.4. The number of alkyl halides is 3. The average molecular weight is 477 g/mol. The minimum atomic E-state index is -4.43. The van der Waals surface area contributed by atoms with Gasteiger partial charge in [0.2, 0.25) is 5.91 Å². The number of carbonyl (C=O) groups excluding carboxylic acids is 1. The number of likely N-dealkylation sites (tertiary alicyclic amines) is 1. The maximum atomic E-state index is 12.9. The Balaban J connectivity index is 1.22. The lowest BCUT2D eigenvalue weighted by molar-refractivity contribution is -0.137. The number of nitrogens with one attached hydrogen (secondary N) is 1. The maximum absolute atomic E-state index is 12.9. The fraction of sp³-hybridized carbons (Fsp3) is 0.542. The number of rotatable bonds is 6. The second kappa shape index (κ2) is 10.6. The zero-order valence-electron chi connectivity index (χ0n) is 19.4. The minimum Gasteiger partial charge on any atom is -0.379 e. The highest BCUT2D eigenvalue weighted by molar-refractivity contribution is 5.76. The molecule has 1 N–H and O–H groups in total. The fourth-order valence-electron chi connectivity index (χ4n) is 4.52. The SMILES string of the molecule is Cc1ccc(N2CCN(CCC(=O)N3CCCC(Nc4cncc(C(F)(F)F)c4)C3)CC2)cn1. The summed E-state index contributed by atoms with van der Waals surface area (Å²) in [5.41, 5.74) is 1.68. The Bertz CT molecular complexity index is 960. The molecule has 0 radical (unpaired) electrons. The summed E-state index contributed by atoms with van der Waals surface area (Å²) in [4.78, 5) is 27.4. The molecule has 0 aromatic carbocycles. The largest absolute Gasteiger partial charge is 0.417 e. The second-order valence-corrected chi connectivity index (χ2v) is 9.02. The lowest BCUT2D eigenvalue weighted by atomic mass is 10.0. The molecule has 2 aliphatic rings. The molecular formula is C24H31F3N6O. The van der Waals surface area contributed by atoms with Crippen molar-refractivity contribution in [1.82, 2.24) is 19.8 Å². The third kappa shape index (κ3) is 6.37. The number of carbonyl (C=O) groups is 1. The second-order valence-electron chi connectivity index (χ2n) is 9.02. The first-order valence-corrected chi connectivity index (χ1v) is 11.7. The van der Waals surface area contributed by atoms with Gasteiger partial charge >= 0.3 is 6.18 Å². The van der Waals surface area contributed by atoms with Crippen molar-refractivity contribution >= 4 is 17.3 Å². The van der Waals surface area contributed by atoms with Crippen LogP contribution in [0.25, 0.3) is 0 Å². The monoisotopic (exact) mass is 476 g/mol. The molecule has 7 nitrogen and oxygen atoms in total. The first-order valence-electron chi connectivity index (χ1n) is 11.7. The number of hydrogen-bond acceptors (Lipinski definition) is 6. The van der Waals surface area contributed by atoms with Crippen LogP contribution in [-0.2, 0) is 11.0 Å². The molecule has 2 fully saturated rings. The van der Waals surface area contributed by atoms with E-state index in [0.717, 1.165) is 62.7 Å². The van der Waals surface area contributed by atoms with Crippen molar-refractivity contribution in [2.75, 3.05) is 56.0 Å². The average Bonchev–Trinajstić information content (AvgIpc) is 2.83. The van der Waals surface area contributed by atoms with Crippen molar-refractivity contribution in [3.05, 3.63) is 48.0 Å². The number of pyridine rings is 2. The van der Waals surface area contributed by atoms with E-state index >= 15 is 0 Å². The Morgan fingerprint density at radius 2 is 1.91 bits per heavy atom. The summed E-state index contributed by atoms with van der Waals surface area (Å²) in [7, 11) is 0. The lowest BCUT2D eigenvalue weighted by Gasteiger charge is -2.37. The van der Waals surface area contributed by atoms with Crippen molar-refractivity contribution < 1.29 is 18.0 Å². The summed E-state index contributed by atoms with van der Waals surface area (Å²) < 4.78 is 38.8. The van der Waals surface area contributed by atoms with Crippen LogP contribution in [-0.4, -0.2) is 77.5 Å². The van der Waals surface area contributed by atoms with E-state index in [4.69, 9.17) is 0 Å². The summed E-state index contributed by atoms with van der Waals surface area (Å²) in [5.74, 6) is 0.0961. The number of aromatic nitrogens is 2. The van der Waals surface area contributed by atoms with Gasteiger partial charge < -0.3 is 15.1 Å². The summed E-state index contributed by atoms with van der Waals surface area (Å²) in [6.07, 6.45) is 1.76. The minimum absolute atomic E-state index is 0.0883. The first kappa shape index (κ1) is 24.3. The molecule has 34 heavy (non-hydrogen) atoms. The van der Waals surface area contributed by atoms with Crippen LogP contribution >= 0.6 is 0 Å². The first-order chi connectivity index (χ1) is 16.3. The van der Waals surface area contributed by atoms with Crippen molar-refractivity contribution in [1.29, 1.82) is 0 Å². The molecule has 0 aliphatic carbocycles. The van der Waals surface area contributed by atoms with E-state index < -0.39 is 11.7 Å². The van der Waals surface area contributed by atoms with E-state index in [9.17, 15) is 18.0 Å². The van der Waals surface area contributed by atoms with E-state index in [2.05, 4.69) is 31.2 Å². The zero-order chi connectivity index (χ0) is 24.1. The van der Waals surface area contributed by atoms with Crippen LogP contribution in [0, 0.1) is 6.92 Å². The maximum Gasteiger partial charge on any atom is 0.417 e. The Morgan fingerprint density at radius 3 is 2.62 bits per heavy atom. The van der Waals surface area contributed by atoms with Crippen molar-refractivity contribution in [2.45, 2.75) is 38.4 Å². The third-order valence-electron chi connectivity index (χ3n) is 6.49. The van der Waals surface area contributed by atoms with Crippen LogP contribution in [0.15, 0.2) is 36.8 Å². The standard InChI is InChI=1S/C24H31F3N6O/c1-18-4-5-22(16-29-18)32-11-9-31(10-12-32)8-6-23(34)33-7-2-3-20(17-33)30-21-13-19(14-28-15-21)24(25,26)27/h4-5,13-16,20,30H,2-3,6-12,17H2,1H3. The van der Waals surface area contributed by atoms with Crippen LogP contribution in [0.1, 0.15) is 30.5 Å². The molecule has 1 unspecified atom stereocenters. The number of piperazine rings is 1. The molecule has 0 bridgehead atoms. The van der Waals surface area contributed by atoms with Crippen LogP contribution in [0.3, 0.4) is 0 Å². The predicted octanol–water partition coefficient (Wildman–Crippen LogP) is 3.42. The lowest BCUT2D eigenvalue weighted by Crippen LogP contribution is -2.49. The normalized spacial score (nSPS) is 19.8. The van der Waals surface area contributed by atoms with Gasteiger partial charge in [-0.1, -0.05) is 0 Å². The molecule has 2 aromatic rings. The molecule has 10 heteroatoms. The van der Waals surface area contributed by atoms with Gasteiger partial charge in [0.1, 0.15) is 0 Å². The number of piperidine rings is 1. The summed E-state index contributed by atoms with van der Waals surface area (Å²) >= 11 is 0. The van der Waals surface area contributed by atoms with Gasteiger partial charge in [-0.15, -0.1) is 0 Å². The van der Waals surface area contributed by atoms with Gasteiger partial charge in [0.15, 0.2) is 0 Å². The number of anilines is 2.